The van der Waals surface area contributed by atoms with E-state index >= 15 is 0 Å². The maximum Gasteiger partial charge on any atom is 0.240 e. The summed E-state index contributed by atoms with van der Waals surface area (Å²) < 4.78 is 0. The van der Waals surface area contributed by atoms with Crippen molar-refractivity contribution >= 4 is 17.5 Å². The van der Waals surface area contributed by atoms with Crippen molar-refractivity contribution in [2.45, 2.75) is 31.4 Å². The predicted octanol–water partition coefficient (Wildman–Crippen LogP) is 2.19. The molecule has 0 saturated carbocycles. The Labute approximate surface area is 107 Å². The lowest BCUT2D eigenvalue weighted by Crippen LogP contribution is -2.42. The number of nitrogens with zero attached hydrogens (tertiary/aromatic N) is 1. The third-order valence-corrected chi connectivity index (χ3v) is 3.08. The fraction of sp³-hybridized carbons (Fsp3) is 0.462. The van der Waals surface area contributed by atoms with Crippen LogP contribution in [0.5, 0.6) is 0 Å². The van der Waals surface area contributed by atoms with E-state index < -0.39 is 11.5 Å². The summed E-state index contributed by atoms with van der Waals surface area (Å²) in [5.74, 6) is -0.186. The molecule has 0 bridgehead atoms. The molecule has 0 saturated heterocycles. The second-order valence-electron chi connectivity index (χ2n) is 4.16. The van der Waals surface area contributed by atoms with E-state index in [9.17, 15) is 9.90 Å². The molecule has 4 heteroatoms. The van der Waals surface area contributed by atoms with Crippen molar-refractivity contribution in [1.82, 2.24) is 4.90 Å². The van der Waals surface area contributed by atoms with Gasteiger partial charge in [-0.2, -0.15) is 0 Å². The molecule has 3 nitrogen and oxygen atoms in total. The molecule has 0 aliphatic rings. The van der Waals surface area contributed by atoms with Crippen molar-refractivity contribution < 1.29 is 9.90 Å². The molecule has 1 rings (SSSR count). The van der Waals surface area contributed by atoms with Crippen LogP contribution in [-0.2, 0) is 4.79 Å². The highest BCUT2D eigenvalue weighted by molar-refractivity contribution is 6.30. The highest BCUT2D eigenvalue weighted by Gasteiger charge is 2.25. The lowest BCUT2D eigenvalue weighted by Gasteiger charge is -2.30. The molecule has 0 radical (unpaired) electrons. The van der Waals surface area contributed by atoms with E-state index in [1.54, 1.807) is 20.9 Å². The number of benzene rings is 1. The Morgan fingerprint density at radius 1 is 1.29 bits per heavy atom. The van der Waals surface area contributed by atoms with Crippen molar-refractivity contribution in [1.29, 1.82) is 0 Å². The van der Waals surface area contributed by atoms with Gasteiger partial charge in [0.2, 0.25) is 5.91 Å². The fourth-order valence-corrected chi connectivity index (χ4v) is 1.78. The van der Waals surface area contributed by atoms with Gasteiger partial charge in [-0.15, -0.1) is 11.6 Å². The molecule has 0 spiro atoms. The van der Waals surface area contributed by atoms with E-state index in [4.69, 9.17) is 11.6 Å². The predicted molar refractivity (Wildman–Crippen MR) is 68.9 cm³/mol. The summed E-state index contributed by atoms with van der Waals surface area (Å²) in [4.78, 5) is 13.2. The van der Waals surface area contributed by atoms with Crippen LogP contribution in [0.2, 0.25) is 0 Å². The number of carbonyl (C=O) groups excluding carboxylic acids is 1. The lowest BCUT2D eigenvalue weighted by molar-refractivity contribution is -0.133. The van der Waals surface area contributed by atoms with Crippen LogP contribution in [-0.4, -0.2) is 34.4 Å². The van der Waals surface area contributed by atoms with E-state index in [-0.39, 0.29) is 11.9 Å². The van der Waals surface area contributed by atoms with Crippen molar-refractivity contribution in [2.24, 2.45) is 0 Å². The Kier molecular flexibility index (Phi) is 4.97. The van der Waals surface area contributed by atoms with Crippen LogP contribution < -0.4 is 0 Å². The van der Waals surface area contributed by atoms with Gasteiger partial charge < -0.3 is 10.0 Å². The molecule has 17 heavy (non-hydrogen) atoms. The van der Waals surface area contributed by atoms with E-state index in [0.29, 0.717) is 0 Å². The zero-order chi connectivity index (χ0) is 13.0. The topological polar surface area (TPSA) is 40.5 Å². The van der Waals surface area contributed by atoms with Crippen LogP contribution in [0.15, 0.2) is 30.3 Å². The molecular formula is C13H18ClNO2. The molecule has 0 aliphatic heterocycles. The van der Waals surface area contributed by atoms with Crippen LogP contribution in [0, 0.1) is 0 Å². The minimum Gasteiger partial charge on any atom is -0.386 e. The van der Waals surface area contributed by atoms with Crippen LogP contribution in [0.25, 0.3) is 0 Å². The molecule has 1 unspecified atom stereocenters. The molecule has 94 valence electrons. The van der Waals surface area contributed by atoms with Gasteiger partial charge in [-0.25, -0.2) is 0 Å². The number of aliphatic hydroxyl groups excluding tert-OH is 1. The quantitative estimate of drug-likeness (QED) is 0.838. The second kappa shape index (κ2) is 6.03. The summed E-state index contributed by atoms with van der Waals surface area (Å²) in [6.07, 6.45) is -0.708. The summed E-state index contributed by atoms with van der Waals surface area (Å²) in [6, 6.07) is 8.96. The number of hydrogen-bond donors (Lipinski definition) is 1. The van der Waals surface area contributed by atoms with Gasteiger partial charge in [0.25, 0.3) is 0 Å². The van der Waals surface area contributed by atoms with Crippen molar-refractivity contribution in [3.8, 4) is 0 Å². The maximum absolute atomic E-state index is 11.7. The monoisotopic (exact) mass is 255 g/mol. The Morgan fingerprint density at radius 3 is 2.29 bits per heavy atom. The number of amides is 1. The number of hydrogen-bond acceptors (Lipinski definition) is 2. The van der Waals surface area contributed by atoms with Crippen LogP contribution in [0.3, 0.4) is 0 Å². The fourth-order valence-electron chi connectivity index (χ4n) is 1.62. The normalized spacial score (nSPS) is 16.1. The van der Waals surface area contributed by atoms with Gasteiger partial charge in [0.15, 0.2) is 0 Å². The van der Waals surface area contributed by atoms with E-state index in [0.717, 1.165) is 5.56 Å². The highest BCUT2D eigenvalue weighted by Crippen LogP contribution is 2.20. The van der Waals surface area contributed by atoms with E-state index in [2.05, 4.69) is 0 Å². The lowest BCUT2D eigenvalue weighted by atomic mass is 10.0. The van der Waals surface area contributed by atoms with Crippen molar-refractivity contribution in [2.75, 3.05) is 7.05 Å². The standard InChI is InChI=1S/C13H18ClNO2/c1-9(14)13(17)15(3)10(2)12(16)11-7-5-4-6-8-11/h4-10,12,16H,1-3H3/t9?,10-,12+/m0/s1. The smallest absolute Gasteiger partial charge is 0.240 e. The second-order valence-corrected chi connectivity index (χ2v) is 4.82. The molecule has 1 N–H and O–H groups in total. The Balaban J connectivity index is 2.76. The summed E-state index contributed by atoms with van der Waals surface area (Å²) in [5.41, 5.74) is 0.793. The van der Waals surface area contributed by atoms with Gasteiger partial charge in [-0.05, 0) is 19.4 Å². The molecule has 0 fully saturated rings. The van der Waals surface area contributed by atoms with Gasteiger partial charge >= 0.3 is 0 Å². The maximum atomic E-state index is 11.7. The number of halogens is 1. The minimum absolute atomic E-state index is 0.186. The zero-order valence-corrected chi connectivity index (χ0v) is 11.1. The first-order valence-electron chi connectivity index (χ1n) is 5.59. The number of aliphatic hydroxyl groups is 1. The third kappa shape index (κ3) is 3.45. The molecule has 1 aromatic rings. The number of alkyl halides is 1. The number of carbonyl (C=O) groups is 1. The van der Waals surface area contributed by atoms with Gasteiger partial charge in [0.1, 0.15) is 5.38 Å². The van der Waals surface area contributed by atoms with Gasteiger partial charge in [0, 0.05) is 7.05 Å². The average molecular weight is 256 g/mol. The Hall–Kier alpha value is -1.06. The number of likely N-dealkylation sites (N-methyl/N-ethyl adjacent to an activating group) is 1. The SMILES string of the molecule is CC(Cl)C(=O)N(C)[C@@H](C)[C@@H](O)c1ccccc1. The van der Waals surface area contributed by atoms with E-state index in [1.165, 1.54) is 4.90 Å². The Bertz CT molecular complexity index is 367. The Morgan fingerprint density at radius 2 is 1.82 bits per heavy atom. The summed E-state index contributed by atoms with van der Waals surface area (Å²) >= 11 is 5.75. The molecule has 3 atom stereocenters. The molecular weight excluding hydrogens is 238 g/mol. The first kappa shape index (κ1) is 14.0. The highest BCUT2D eigenvalue weighted by atomic mass is 35.5. The van der Waals surface area contributed by atoms with Gasteiger partial charge in [-0.1, -0.05) is 30.3 Å². The van der Waals surface area contributed by atoms with Gasteiger partial charge in [-0.3, -0.25) is 4.79 Å². The van der Waals surface area contributed by atoms with Gasteiger partial charge in [0.05, 0.1) is 12.1 Å². The first-order valence-corrected chi connectivity index (χ1v) is 6.02. The largest absolute Gasteiger partial charge is 0.386 e. The summed E-state index contributed by atoms with van der Waals surface area (Å²) in [6.45, 7) is 3.43. The molecule has 0 aliphatic carbocycles. The van der Waals surface area contributed by atoms with Crippen LogP contribution >= 0.6 is 11.6 Å². The summed E-state index contributed by atoms with van der Waals surface area (Å²) in [5, 5.41) is 9.57. The number of rotatable bonds is 4. The van der Waals surface area contributed by atoms with Crippen LogP contribution in [0.1, 0.15) is 25.5 Å². The average Bonchev–Trinajstić information content (AvgIpc) is 2.36. The van der Waals surface area contributed by atoms with E-state index in [1.807, 2.05) is 30.3 Å². The summed E-state index contributed by atoms with van der Waals surface area (Å²) in [7, 11) is 1.65. The molecule has 1 amide bonds. The first-order chi connectivity index (χ1) is 7.95. The molecule has 1 aromatic carbocycles. The third-order valence-electron chi connectivity index (χ3n) is 2.90. The molecule has 0 heterocycles. The molecule has 0 aromatic heterocycles. The van der Waals surface area contributed by atoms with Crippen LogP contribution in [0.4, 0.5) is 0 Å². The zero-order valence-electron chi connectivity index (χ0n) is 10.3. The van der Waals surface area contributed by atoms with Crippen molar-refractivity contribution in [3.63, 3.8) is 0 Å². The minimum atomic E-state index is -0.708. The van der Waals surface area contributed by atoms with Crippen molar-refractivity contribution in [3.05, 3.63) is 35.9 Å².